The smallest absolute Gasteiger partial charge is 0.343 e. The maximum Gasteiger partial charge on any atom is 0.343 e. The van der Waals surface area contributed by atoms with Gasteiger partial charge in [0.25, 0.3) is 0 Å². The standard InChI is InChI=1S/C16H19F2NO4/c1-10(20)19-5-3-11(4-6-19)9-23-12-7-13(17)15(14(18)8-12)16(21)22-2/h7-8,11H,3-6,9H2,1-2H3. The van der Waals surface area contributed by atoms with Gasteiger partial charge in [-0.25, -0.2) is 13.6 Å². The van der Waals surface area contributed by atoms with E-state index in [-0.39, 0.29) is 17.6 Å². The predicted octanol–water partition coefficient (Wildman–Crippen LogP) is 2.39. The van der Waals surface area contributed by atoms with Crippen LogP contribution in [0.3, 0.4) is 0 Å². The SMILES string of the molecule is COC(=O)c1c(F)cc(OCC2CCN(C(C)=O)CC2)cc1F. The van der Waals surface area contributed by atoms with E-state index in [1.165, 1.54) is 6.92 Å². The van der Waals surface area contributed by atoms with Gasteiger partial charge < -0.3 is 14.4 Å². The molecule has 0 N–H and O–H groups in total. The Morgan fingerprint density at radius 2 is 1.78 bits per heavy atom. The van der Waals surface area contributed by atoms with Crippen LogP contribution in [-0.4, -0.2) is 43.6 Å². The van der Waals surface area contributed by atoms with E-state index in [1.54, 1.807) is 4.90 Å². The molecule has 0 unspecified atom stereocenters. The van der Waals surface area contributed by atoms with Crippen LogP contribution in [0.5, 0.6) is 5.75 Å². The topological polar surface area (TPSA) is 55.8 Å². The Labute approximate surface area is 133 Å². The summed E-state index contributed by atoms with van der Waals surface area (Å²) in [7, 11) is 1.05. The summed E-state index contributed by atoms with van der Waals surface area (Å²) < 4.78 is 37.3. The average molecular weight is 327 g/mol. The first kappa shape index (κ1) is 17.2. The van der Waals surface area contributed by atoms with Crippen LogP contribution in [0.2, 0.25) is 0 Å². The Balaban J connectivity index is 1.94. The van der Waals surface area contributed by atoms with Gasteiger partial charge in [0.2, 0.25) is 5.91 Å². The molecule has 0 saturated carbocycles. The first-order valence-electron chi connectivity index (χ1n) is 7.38. The van der Waals surface area contributed by atoms with Crippen LogP contribution in [0.1, 0.15) is 30.1 Å². The van der Waals surface area contributed by atoms with Crippen LogP contribution in [-0.2, 0) is 9.53 Å². The highest BCUT2D eigenvalue weighted by Gasteiger charge is 2.23. The number of hydrogen-bond donors (Lipinski definition) is 0. The Kier molecular flexibility index (Phi) is 5.52. The van der Waals surface area contributed by atoms with Gasteiger partial charge in [-0.2, -0.15) is 0 Å². The number of carbonyl (C=O) groups excluding carboxylic acids is 2. The lowest BCUT2D eigenvalue weighted by atomic mass is 9.98. The van der Waals surface area contributed by atoms with Gasteiger partial charge in [0.15, 0.2) is 0 Å². The van der Waals surface area contributed by atoms with Crippen molar-refractivity contribution in [2.45, 2.75) is 19.8 Å². The number of likely N-dealkylation sites (tertiary alicyclic amines) is 1. The number of carbonyl (C=O) groups is 2. The van der Waals surface area contributed by atoms with Crippen molar-refractivity contribution in [1.29, 1.82) is 0 Å². The van der Waals surface area contributed by atoms with E-state index in [1.807, 2.05) is 0 Å². The van der Waals surface area contributed by atoms with Gasteiger partial charge in [-0.15, -0.1) is 0 Å². The predicted molar refractivity (Wildman–Crippen MR) is 78.2 cm³/mol. The number of esters is 1. The van der Waals surface area contributed by atoms with Crippen molar-refractivity contribution in [2.24, 2.45) is 5.92 Å². The molecule has 0 spiro atoms. The number of hydrogen-bond acceptors (Lipinski definition) is 4. The second-order valence-electron chi connectivity index (χ2n) is 5.51. The number of nitrogens with zero attached hydrogens (tertiary/aromatic N) is 1. The molecule has 1 fully saturated rings. The fourth-order valence-electron chi connectivity index (χ4n) is 2.56. The largest absolute Gasteiger partial charge is 0.493 e. The van der Waals surface area contributed by atoms with Crippen LogP contribution in [0.4, 0.5) is 8.78 Å². The summed E-state index contributed by atoms with van der Waals surface area (Å²) in [5.41, 5.74) is -0.727. The lowest BCUT2D eigenvalue weighted by molar-refractivity contribution is -0.130. The first-order valence-corrected chi connectivity index (χ1v) is 7.38. The highest BCUT2D eigenvalue weighted by atomic mass is 19.1. The summed E-state index contributed by atoms with van der Waals surface area (Å²) in [4.78, 5) is 24.3. The van der Waals surface area contributed by atoms with Gasteiger partial charge in [-0.3, -0.25) is 4.79 Å². The lowest BCUT2D eigenvalue weighted by Crippen LogP contribution is -2.38. The summed E-state index contributed by atoms with van der Waals surface area (Å²) in [6.07, 6.45) is 1.57. The number of halogens is 2. The summed E-state index contributed by atoms with van der Waals surface area (Å²) in [6, 6.07) is 1.94. The number of ether oxygens (including phenoxy) is 2. The fourth-order valence-corrected chi connectivity index (χ4v) is 2.56. The van der Waals surface area contributed by atoms with Gasteiger partial charge >= 0.3 is 5.97 Å². The van der Waals surface area contributed by atoms with Gasteiger partial charge in [-0.05, 0) is 18.8 Å². The van der Waals surface area contributed by atoms with Gasteiger partial charge in [0.05, 0.1) is 13.7 Å². The van der Waals surface area contributed by atoms with Crippen molar-refractivity contribution in [3.8, 4) is 5.75 Å². The van der Waals surface area contributed by atoms with Crippen molar-refractivity contribution < 1.29 is 27.8 Å². The summed E-state index contributed by atoms with van der Waals surface area (Å²) in [5.74, 6) is -2.80. The second kappa shape index (κ2) is 7.39. The van der Waals surface area contributed by atoms with Crippen LogP contribution in [0, 0.1) is 17.6 Å². The molecule has 126 valence electrons. The van der Waals surface area contributed by atoms with Gasteiger partial charge in [-0.1, -0.05) is 0 Å². The molecule has 23 heavy (non-hydrogen) atoms. The molecule has 0 radical (unpaired) electrons. The Hall–Kier alpha value is -2.18. The van der Waals surface area contributed by atoms with E-state index in [0.717, 1.165) is 32.1 Å². The number of amides is 1. The summed E-state index contributed by atoms with van der Waals surface area (Å²) in [5, 5.41) is 0. The third kappa shape index (κ3) is 4.18. The minimum Gasteiger partial charge on any atom is -0.493 e. The molecular formula is C16H19F2NO4. The molecule has 2 rings (SSSR count). The molecule has 1 aromatic carbocycles. The number of piperidine rings is 1. The Bertz CT molecular complexity index is 575. The molecule has 1 saturated heterocycles. The molecule has 1 amide bonds. The molecular weight excluding hydrogens is 308 g/mol. The maximum absolute atomic E-state index is 13.8. The van der Waals surface area contributed by atoms with Crippen molar-refractivity contribution in [3.05, 3.63) is 29.3 Å². The van der Waals surface area contributed by atoms with Crippen LogP contribution >= 0.6 is 0 Å². The molecule has 1 aliphatic rings. The summed E-state index contributed by atoms with van der Waals surface area (Å²) >= 11 is 0. The zero-order valence-corrected chi connectivity index (χ0v) is 13.1. The molecule has 0 aromatic heterocycles. The Morgan fingerprint density at radius 3 is 2.26 bits per heavy atom. The molecule has 0 atom stereocenters. The molecule has 5 nitrogen and oxygen atoms in total. The Morgan fingerprint density at radius 1 is 1.22 bits per heavy atom. The van der Waals surface area contributed by atoms with Crippen molar-refractivity contribution in [2.75, 3.05) is 26.8 Å². The van der Waals surface area contributed by atoms with E-state index in [9.17, 15) is 18.4 Å². The quantitative estimate of drug-likeness (QED) is 0.797. The molecule has 1 aliphatic heterocycles. The first-order chi connectivity index (χ1) is 10.9. The van der Waals surface area contributed by atoms with Crippen molar-refractivity contribution in [3.63, 3.8) is 0 Å². The third-order valence-corrected chi connectivity index (χ3v) is 3.95. The zero-order valence-electron chi connectivity index (χ0n) is 13.1. The second-order valence-corrected chi connectivity index (χ2v) is 5.51. The highest BCUT2D eigenvalue weighted by molar-refractivity contribution is 5.90. The van der Waals surface area contributed by atoms with E-state index in [2.05, 4.69) is 4.74 Å². The van der Waals surface area contributed by atoms with E-state index >= 15 is 0 Å². The van der Waals surface area contributed by atoms with Crippen molar-refractivity contribution in [1.82, 2.24) is 4.90 Å². The van der Waals surface area contributed by atoms with E-state index in [0.29, 0.717) is 19.7 Å². The summed E-state index contributed by atoms with van der Waals surface area (Å²) in [6.45, 7) is 3.16. The van der Waals surface area contributed by atoms with E-state index < -0.39 is 23.2 Å². The van der Waals surface area contributed by atoms with Gasteiger partial charge in [0.1, 0.15) is 22.9 Å². The lowest BCUT2D eigenvalue weighted by Gasteiger charge is -2.31. The van der Waals surface area contributed by atoms with Crippen LogP contribution < -0.4 is 4.74 Å². The number of benzene rings is 1. The molecule has 1 aromatic rings. The average Bonchev–Trinajstić information content (AvgIpc) is 2.52. The third-order valence-electron chi connectivity index (χ3n) is 3.95. The molecule has 1 heterocycles. The number of methoxy groups -OCH3 is 1. The van der Waals surface area contributed by atoms with E-state index in [4.69, 9.17) is 4.74 Å². The fraction of sp³-hybridized carbons (Fsp3) is 0.500. The van der Waals surface area contributed by atoms with Crippen LogP contribution in [0.25, 0.3) is 0 Å². The van der Waals surface area contributed by atoms with Gasteiger partial charge in [0, 0.05) is 32.1 Å². The molecule has 7 heteroatoms. The normalized spacial score (nSPS) is 15.4. The maximum atomic E-state index is 13.8. The minimum atomic E-state index is -1.07. The molecule has 0 bridgehead atoms. The number of rotatable bonds is 4. The van der Waals surface area contributed by atoms with Crippen LogP contribution in [0.15, 0.2) is 12.1 Å². The zero-order chi connectivity index (χ0) is 17.0. The highest BCUT2D eigenvalue weighted by Crippen LogP contribution is 2.24. The monoisotopic (exact) mass is 327 g/mol. The minimum absolute atomic E-state index is 0.0293. The molecule has 0 aliphatic carbocycles. The van der Waals surface area contributed by atoms with Crippen molar-refractivity contribution >= 4 is 11.9 Å².